The van der Waals surface area contributed by atoms with Gasteiger partial charge in [-0.3, -0.25) is 33.4 Å². The monoisotopic (exact) mass is 406 g/mol. The standard InChI is InChI=1S/C16H15ClN6O5/c1-8-9(5-4-6-10(8)23(27)28)18-11(24)7-22-12-13(19-15(22)17)20(2)16(26)21(3)14(12)25/h4-6H,7H2,1-3H3,(H,18,24). The number of carbonyl (C=O) groups is 1. The first-order valence-corrected chi connectivity index (χ1v) is 8.37. The molecule has 1 amide bonds. The minimum Gasteiger partial charge on any atom is -0.324 e. The van der Waals surface area contributed by atoms with Crippen LogP contribution in [-0.2, 0) is 25.4 Å². The molecule has 0 radical (unpaired) electrons. The van der Waals surface area contributed by atoms with Crippen LogP contribution in [0, 0.1) is 17.0 Å². The van der Waals surface area contributed by atoms with Crippen LogP contribution < -0.4 is 16.6 Å². The van der Waals surface area contributed by atoms with Crippen molar-refractivity contribution >= 4 is 40.0 Å². The molecule has 0 atom stereocenters. The SMILES string of the molecule is Cc1c(NC(=O)Cn2c(Cl)nc3c2c(=O)n(C)c(=O)n3C)cccc1[N+](=O)[O-]. The number of rotatable bonds is 4. The largest absolute Gasteiger partial charge is 0.332 e. The van der Waals surface area contributed by atoms with Gasteiger partial charge in [-0.15, -0.1) is 0 Å². The van der Waals surface area contributed by atoms with Crippen LogP contribution in [0.4, 0.5) is 11.4 Å². The number of fused-ring (bicyclic) bond motifs is 1. The predicted molar refractivity (Wildman–Crippen MR) is 102 cm³/mol. The zero-order valence-electron chi connectivity index (χ0n) is 15.1. The van der Waals surface area contributed by atoms with E-state index in [4.69, 9.17) is 11.6 Å². The minimum atomic E-state index is -0.642. The van der Waals surface area contributed by atoms with Gasteiger partial charge in [0, 0.05) is 20.2 Å². The fourth-order valence-corrected chi connectivity index (χ4v) is 3.08. The van der Waals surface area contributed by atoms with Gasteiger partial charge in [-0.2, -0.15) is 4.98 Å². The lowest BCUT2D eigenvalue weighted by atomic mass is 10.1. The number of nitro groups is 1. The van der Waals surface area contributed by atoms with Crippen molar-refractivity contribution in [3.63, 3.8) is 0 Å². The second-order valence-electron chi connectivity index (χ2n) is 6.10. The average molecular weight is 407 g/mol. The molecule has 0 saturated carbocycles. The Hall–Kier alpha value is -3.47. The van der Waals surface area contributed by atoms with Crippen LogP contribution in [0.15, 0.2) is 27.8 Å². The van der Waals surface area contributed by atoms with E-state index in [1.54, 1.807) is 0 Å². The summed E-state index contributed by atoms with van der Waals surface area (Å²) in [7, 11) is 2.74. The van der Waals surface area contributed by atoms with Gasteiger partial charge in [0.25, 0.3) is 11.2 Å². The van der Waals surface area contributed by atoms with E-state index < -0.39 is 22.1 Å². The van der Waals surface area contributed by atoms with E-state index in [0.29, 0.717) is 5.56 Å². The number of hydrogen-bond acceptors (Lipinski definition) is 6. The molecule has 2 heterocycles. The van der Waals surface area contributed by atoms with Crippen LogP contribution in [0.25, 0.3) is 11.2 Å². The number of aromatic nitrogens is 4. The number of aryl methyl sites for hydroxylation is 1. The molecule has 0 saturated heterocycles. The smallest absolute Gasteiger partial charge is 0.324 e. The Balaban J connectivity index is 2.00. The zero-order chi connectivity index (χ0) is 20.7. The van der Waals surface area contributed by atoms with Gasteiger partial charge < -0.3 is 5.32 Å². The molecule has 1 aromatic carbocycles. The van der Waals surface area contributed by atoms with Gasteiger partial charge in [-0.25, -0.2) is 4.79 Å². The number of anilines is 1. The molecule has 0 aliphatic rings. The second kappa shape index (κ2) is 6.93. The molecule has 0 aliphatic carbocycles. The Morgan fingerprint density at radius 3 is 2.61 bits per heavy atom. The van der Waals surface area contributed by atoms with Gasteiger partial charge in [0.1, 0.15) is 6.54 Å². The van der Waals surface area contributed by atoms with Crippen LogP contribution in [0.2, 0.25) is 5.28 Å². The van der Waals surface area contributed by atoms with Crippen LogP contribution >= 0.6 is 11.6 Å². The first kappa shape index (κ1) is 19.3. The summed E-state index contributed by atoms with van der Waals surface area (Å²) < 4.78 is 3.22. The molecule has 28 heavy (non-hydrogen) atoms. The fraction of sp³-hybridized carbons (Fsp3) is 0.250. The van der Waals surface area contributed by atoms with Crippen LogP contribution in [0.3, 0.4) is 0 Å². The molecule has 0 unspecified atom stereocenters. The first-order chi connectivity index (χ1) is 13.1. The van der Waals surface area contributed by atoms with Crippen molar-refractivity contribution in [2.75, 3.05) is 5.32 Å². The van der Waals surface area contributed by atoms with E-state index in [2.05, 4.69) is 10.3 Å². The third-order valence-electron chi connectivity index (χ3n) is 4.38. The molecule has 0 bridgehead atoms. The summed E-state index contributed by atoms with van der Waals surface area (Å²) in [5.41, 5.74) is -0.737. The molecular weight excluding hydrogens is 392 g/mol. The van der Waals surface area contributed by atoms with Crippen molar-refractivity contribution in [1.82, 2.24) is 18.7 Å². The third-order valence-corrected chi connectivity index (χ3v) is 4.67. The molecule has 2 aromatic heterocycles. The maximum Gasteiger partial charge on any atom is 0.332 e. The fourth-order valence-electron chi connectivity index (χ4n) is 2.85. The van der Waals surface area contributed by atoms with Crippen LogP contribution in [0.1, 0.15) is 5.56 Å². The Kier molecular flexibility index (Phi) is 4.77. The third kappa shape index (κ3) is 3.05. The molecular formula is C16H15ClN6O5. The average Bonchev–Trinajstić information content (AvgIpc) is 2.96. The lowest BCUT2D eigenvalue weighted by Gasteiger charge is -2.10. The van der Waals surface area contributed by atoms with Crippen molar-refractivity contribution in [3.8, 4) is 0 Å². The van der Waals surface area contributed by atoms with Gasteiger partial charge in [0.15, 0.2) is 11.2 Å². The van der Waals surface area contributed by atoms with Crippen molar-refractivity contribution < 1.29 is 9.72 Å². The summed E-state index contributed by atoms with van der Waals surface area (Å²) >= 11 is 6.08. The second-order valence-corrected chi connectivity index (χ2v) is 6.44. The molecule has 0 aliphatic heterocycles. The summed E-state index contributed by atoms with van der Waals surface area (Å²) in [6.07, 6.45) is 0. The summed E-state index contributed by atoms with van der Waals surface area (Å²) in [4.78, 5) is 51.5. The topological polar surface area (TPSA) is 134 Å². The van der Waals surface area contributed by atoms with Gasteiger partial charge in [0.2, 0.25) is 11.2 Å². The molecule has 12 heteroatoms. The highest BCUT2D eigenvalue weighted by molar-refractivity contribution is 6.29. The highest BCUT2D eigenvalue weighted by Crippen LogP contribution is 2.25. The lowest BCUT2D eigenvalue weighted by molar-refractivity contribution is -0.385. The van der Waals surface area contributed by atoms with Gasteiger partial charge in [-0.1, -0.05) is 6.07 Å². The van der Waals surface area contributed by atoms with E-state index >= 15 is 0 Å². The molecule has 0 fully saturated rings. The molecule has 3 aromatic rings. The van der Waals surface area contributed by atoms with E-state index in [1.807, 2.05) is 0 Å². The van der Waals surface area contributed by atoms with E-state index in [9.17, 15) is 24.5 Å². The van der Waals surface area contributed by atoms with Gasteiger partial charge >= 0.3 is 5.69 Å². The van der Waals surface area contributed by atoms with Crippen LogP contribution in [0.5, 0.6) is 0 Å². The molecule has 0 spiro atoms. The van der Waals surface area contributed by atoms with Crippen molar-refractivity contribution in [3.05, 3.63) is 60.0 Å². The van der Waals surface area contributed by atoms with Crippen molar-refractivity contribution in [2.24, 2.45) is 14.1 Å². The maximum absolute atomic E-state index is 12.5. The normalized spacial score (nSPS) is 11.0. The number of nitrogens with zero attached hydrogens (tertiary/aromatic N) is 5. The number of benzene rings is 1. The zero-order valence-corrected chi connectivity index (χ0v) is 15.9. The predicted octanol–water partition coefficient (Wildman–Crippen LogP) is 0.942. The highest BCUT2D eigenvalue weighted by Gasteiger charge is 2.21. The van der Waals surface area contributed by atoms with E-state index in [0.717, 1.165) is 9.13 Å². The summed E-state index contributed by atoms with van der Waals surface area (Å²) in [5, 5.41) is 13.5. The number of imidazole rings is 1. The van der Waals surface area contributed by atoms with Crippen molar-refractivity contribution in [2.45, 2.75) is 13.5 Å². The van der Waals surface area contributed by atoms with Gasteiger partial charge in [0.05, 0.1) is 16.2 Å². The van der Waals surface area contributed by atoms with E-state index in [-0.39, 0.29) is 34.4 Å². The first-order valence-electron chi connectivity index (χ1n) is 7.99. The lowest BCUT2D eigenvalue weighted by Crippen LogP contribution is -2.37. The molecule has 146 valence electrons. The van der Waals surface area contributed by atoms with E-state index in [1.165, 1.54) is 43.8 Å². The summed E-state index contributed by atoms with van der Waals surface area (Å²) in [6.45, 7) is 1.14. The Morgan fingerprint density at radius 1 is 1.29 bits per heavy atom. The number of halogens is 1. The highest BCUT2D eigenvalue weighted by atomic mass is 35.5. The summed E-state index contributed by atoms with van der Waals surface area (Å²) in [5.74, 6) is -0.569. The molecule has 1 N–H and O–H groups in total. The molecule has 3 rings (SSSR count). The Bertz CT molecular complexity index is 1260. The maximum atomic E-state index is 12.5. The molecule has 11 nitrogen and oxygen atoms in total. The Morgan fingerprint density at radius 2 is 1.96 bits per heavy atom. The quantitative estimate of drug-likeness (QED) is 0.389. The van der Waals surface area contributed by atoms with Crippen LogP contribution in [-0.4, -0.2) is 29.5 Å². The van der Waals surface area contributed by atoms with Crippen molar-refractivity contribution in [1.29, 1.82) is 0 Å². The Labute approximate surface area is 161 Å². The number of hydrogen-bond donors (Lipinski definition) is 1. The minimum absolute atomic E-state index is 0.000476. The number of amides is 1. The summed E-state index contributed by atoms with van der Waals surface area (Å²) in [6, 6.07) is 4.30. The van der Waals surface area contributed by atoms with Gasteiger partial charge in [-0.05, 0) is 24.6 Å². The number of carbonyl (C=O) groups excluding carboxylic acids is 1. The number of nitro benzene ring substituents is 1. The number of nitrogens with one attached hydrogen (secondary N) is 1.